The third kappa shape index (κ3) is 2.31. The second-order valence-corrected chi connectivity index (χ2v) is 3.98. The number of aliphatic hydroxyl groups is 1. The summed E-state index contributed by atoms with van der Waals surface area (Å²) in [5.41, 5.74) is -1.23. The lowest BCUT2D eigenvalue weighted by Gasteiger charge is -2.28. The molecule has 84 valence electrons. The molecule has 0 aliphatic rings. The summed E-state index contributed by atoms with van der Waals surface area (Å²) >= 11 is 0. The Hall–Kier alpha value is -1.03. The Kier molecular flexibility index (Phi) is 3.09. The van der Waals surface area contributed by atoms with Crippen molar-refractivity contribution in [1.29, 1.82) is 0 Å². The van der Waals surface area contributed by atoms with Crippen LogP contribution >= 0.6 is 0 Å². The second kappa shape index (κ2) is 3.85. The van der Waals surface area contributed by atoms with Crippen molar-refractivity contribution in [3.05, 3.63) is 35.4 Å². The van der Waals surface area contributed by atoms with Crippen molar-refractivity contribution < 1.29 is 18.3 Å². The molecule has 1 nitrogen and oxygen atoms in total. The summed E-state index contributed by atoms with van der Waals surface area (Å²) in [4.78, 5) is 0. The lowest BCUT2D eigenvalue weighted by atomic mass is 9.83. The van der Waals surface area contributed by atoms with Gasteiger partial charge in [-0.25, -0.2) is 0 Å². The van der Waals surface area contributed by atoms with Crippen LogP contribution in [0, 0.1) is 0 Å². The zero-order valence-corrected chi connectivity index (χ0v) is 8.60. The number of benzene rings is 1. The fourth-order valence-electron chi connectivity index (χ4n) is 1.22. The van der Waals surface area contributed by atoms with Crippen LogP contribution in [0.2, 0.25) is 0 Å². The number of hydrogen-bond donors (Lipinski definition) is 1. The van der Waals surface area contributed by atoms with Gasteiger partial charge in [-0.15, -0.1) is 0 Å². The summed E-state index contributed by atoms with van der Waals surface area (Å²) in [6.45, 7) is 2.01. The first-order chi connectivity index (χ1) is 6.79. The quantitative estimate of drug-likeness (QED) is 0.809. The average molecular weight is 218 g/mol. The highest BCUT2D eigenvalue weighted by Crippen LogP contribution is 2.40. The van der Waals surface area contributed by atoms with Crippen LogP contribution in [0.4, 0.5) is 13.2 Å². The van der Waals surface area contributed by atoms with Crippen molar-refractivity contribution in [1.82, 2.24) is 0 Å². The van der Waals surface area contributed by atoms with Crippen LogP contribution in [0.25, 0.3) is 0 Å². The maximum Gasteiger partial charge on any atom is 0.397 e. The molecule has 0 aliphatic heterocycles. The highest BCUT2D eigenvalue weighted by atomic mass is 19.4. The van der Waals surface area contributed by atoms with E-state index in [2.05, 4.69) is 0 Å². The van der Waals surface area contributed by atoms with Crippen LogP contribution in [0.15, 0.2) is 24.3 Å². The van der Waals surface area contributed by atoms with Crippen LogP contribution in [-0.4, -0.2) is 11.3 Å². The Morgan fingerprint density at radius 2 is 1.80 bits per heavy atom. The standard InChI is InChI=1S/C11H13F3O/c1-10(2,11(12,13)14)9-5-3-4-8(6-9)7-15/h3-6,15H,7H2,1-2H3. The molecule has 0 aromatic heterocycles. The zero-order valence-electron chi connectivity index (χ0n) is 8.60. The Morgan fingerprint density at radius 3 is 2.27 bits per heavy atom. The minimum Gasteiger partial charge on any atom is -0.392 e. The van der Waals surface area contributed by atoms with Gasteiger partial charge < -0.3 is 5.11 Å². The van der Waals surface area contributed by atoms with E-state index in [1.807, 2.05) is 0 Å². The molecule has 0 atom stereocenters. The second-order valence-electron chi connectivity index (χ2n) is 3.98. The van der Waals surface area contributed by atoms with E-state index in [-0.39, 0.29) is 12.2 Å². The van der Waals surface area contributed by atoms with Gasteiger partial charge in [-0.05, 0) is 25.0 Å². The fraction of sp³-hybridized carbons (Fsp3) is 0.455. The van der Waals surface area contributed by atoms with Crippen molar-refractivity contribution in [2.24, 2.45) is 0 Å². The topological polar surface area (TPSA) is 20.2 Å². The Balaban J connectivity index is 3.15. The van der Waals surface area contributed by atoms with Crippen molar-refractivity contribution >= 4 is 0 Å². The van der Waals surface area contributed by atoms with E-state index in [4.69, 9.17) is 5.11 Å². The van der Waals surface area contributed by atoms with Gasteiger partial charge in [-0.1, -0.05) is 24.3 Å². The van der Waals surface area contributed by atoms with Crippen LogP contribution < -0.4 is 0 Å². The number of halogens is 3. The predicted octanol–water partition coefficient (Wildman–Crippen LogP) is 3.02. The van der Waals surface area contributed by atoms with E-state index in [0.29, 0.717) is 5.56 Å². The highest BCUT2D eigenvalue weighted by molar-refractivity contribution is 5.30. The van der Waals surface area contributed by atoms with Gasteiger partial charge in [0.25, 0.3) is 0 Å². The summed E-state index contributed by atoms with van der Waals surface area (Å²) in [5.74, 6) is 0. The van der Waals surface area contributed by atoms with Crippen molar-refractivity contribution in [3.63, 3.8) is 0 Å². The summed E-state index contributed by atoms with van der Waals surface area (Å²) in [7, 11) is 0. The molecule has 0 bridgehead atoms. The molecule has 1 aromatic rings. The molecule has 1 aromatic carbocycles. The first-order valence-electron chi connectivity index (χ1n) is 4.56. The van der Waals surface area contributed by atoms with Gasteiger partial charge in [0, 0.05) is 0 Å². The molecule has 0 fully saturated rings. The Labute approximate surface area is 86.5 Å². The largest absolute Gasteiger partial charge is 0.397 e. The third-order valence-corrected chi connectivity index (χ3v) is 2.54. The van der Waals surface area contributed by atoms with Gasteiger partial charge in [0.15, 0.2) is 0 Å². The molecule has 0 radical (unpaired) electrons. The van der Waals surface area contributed by atoms with Crippen molar-refractivity contribution in [3.8, 4) is 0 Å². The molecule has 0 unspecified atom stereocenters. The first kappa shape index (κ1) is 12.0. The normalized spacial score (nSPS) is 12.9. The van der Waals surface area contributed by atoms with E-state index in [9.17, 15) is 13.2 Å². The van der Waals surface area contributed by atoms with Gasteiger partial charge in [-0.3, -0.25) is 0 Å². The van der Waals surface area contributed by atoms with Crippen molar-refractivity contribution in [2.45, 2.75) is 32.0 Å². The van der Waals surface area contributed by atoms with Gasteiger partial charge in [0.2, 0.25) is 0 Å². The van der Waals surface area contributed by atoms with E-state index < -0.39 is 11.6 Å². The highest BCUT2D eigenvalue weighted by Gasteiger charge is 2.48. The van der Waals surface area contributed by atoms with Gasteiger partial charge in [0.1, 0.15) is 0 Å². The molecular formula is C11H13F3O. The molecule has 0 aliphatic carbocycles. The van der Waals surface area contributed by atoms with Gasteiger partial charge >= 0.3 is 6.18 Å². The SMILES string of the molecule is CC(C)(c1cccc(CO)c1)C(F)(F)F. The molecule has 1 N–H and O–H groups in total. The molecule has 1 rings (SSSR count). The Bertz CT molecular complexity index is 342. The van der Waals surface area contributed by atoms with Gasteiger partial charge in [-0.2, -0.15) is 13.2 Å². The summed E-state index contributed by atoms with van der Waals surface area (Å²) in [5, 5.41) is 8.85. The molecule has 0 saturated heterocycles. The van der Waals surface area contributed by atoms with Gasteiger partial charge in [0.05, 0.1) is 12.0 Å². The Morgan fingerprint density at radius 1 is 1.20 bits per heavy atom. The number of aliphatic hydroxyl groups excluding tert-OH is 1. The minimum atomic E-state index is -4.29. The average Bonchev–Trinajstić information content (AvgIpc) is 2.16. The molecule has 0 heterocycles. The van der Waals surface area contributed by atoms with E-state index in [0.717, 1.165) is 13.8 Å². The first-order valence-corrected chi connectivity index (χ1v) is 4.56. The van der Waals surface area contributed by atoms with Crippen LogP contribution in [0.5, 0.6) is 0 Å². The summed E-state index contributed by atoms with van der Waals surface area (Å²) in [6.07, 6.45) is -4.29. The van der Waals surface area contributed by atoms with E-state index >= 15 is 0 Å². The smallest absolute Gasteiger partial charge is 0.392 e. The third-order valence-electron chi connectivity index (χ3n) is 2.54. The lowest BCUT2D eigenvalue weighted by Crippen LogP contribution is -2.36. The maximum absolute atomic E-state index is 12.7. The maximum atomic E-state index is 12.7. The summed E-state index contributed by atoms with van der Waals surface area (Å²) in [6, 6.07) is 5.92. The predicted molar refractivity (Wildman–Crippen MR) is 51.4 cm³/mol. The minimum absolute atomic E-state index is 0.168. The van der Waals surface area contributed by atoms with Crippen molar-refractivity contribution in [2.75, 3.05) is 0 Å². The van der Waals surface area contributed by atoms with Crippen LogP contribution in [0.3, 0.4) is 0 Å². The van der Waals surface area contributed by atoms with Crippen LogP contribution in [0.1, 0.15) is 25.0 Å². The molecule has 0 spiro atoms. The monoisotopic (exact) mass is 218 g/mol. The zero-order chi connectivity index (χ0) is 11.7. The molecule has 0 saturated carbocycles. The number of rotatable bonds is 2. The summed E-state index contributed by atoms with van der Waals surface area (Å²) < 4.78 is 38.1. The fourth-order valence-corrected chi connectivity index (χ4v) is 1.22. The van der Waals surface area contributed by atoms with Crippen LogP contribution in [-0.2, 0) is 12.0 Å². The molecule has 15 heavy (non-hydrogen) atoms. The molecule has 4 heteroatoms. The number of hydrogen-bond acceptors (Lipinski definition) is 1. The molecule has 0 amide bonds. The molecular weight excluding hydrogens is 205 g/mol. The number of alkyl halides is 3. The lowest BCUT2D eigenvalue weighted by molar-refractivity contribution is -0.180. The van der Waals surface area contributed by atoms with E-state index in [1.54, 1.807) is 6.07 Å². The van der Waals surface area contributed by atoms with E-state index in [1.165, 1.54) is 18.2 Å².